The molecular weight excluding hydrogens is 485 g/mol. The predicted molar refractivity (Wildman–Crippen MR) is 138 cm³/mol. The molecular formula is C26H33Cl2N5O2. The van der Waals surface area contributed by atoms with Crippen molar-refractivity contribution < 1.29 is 9.90 Å². The van der Waals surface area contributed by atoms with Gasteiger partial charge in [0, 0.05) is 53.4 Å². The molecule has 1 amide bonds. The van der Waals surface area contributed by atoms with Crippen molar-refractivity contribution in [2.45, 2.75) is 69.6 Å². The number of aliphatic hydroxyl groups excluding tert-OH is 1. The van der Waals surface area contributed by atoms with Crippen molar-refractivity contribution in [1.29, 1.82) is 0 Å². The molecule has 1 aromatic carbocycles. The molecule has 3 heterocycles. The van der Waals surface area contributed by atoms with E-state index in [2.05, 4.69) is 41.0 Å². The highest BCUT2D eigenvalue weighted by molar-refractivity contribution is 6.35. The van der Waals surface area contributed by atoms with Crippen LogP contribution in [0.5, 0.6) is 0 Å². The molecule has 0 spiro atoms. The molecule has 1 aliphatic carbocycles. The molecule has 188 valence electrons. The maximum Gasteiger partial charge on any atom is 0.231 e. The number of hydrogen-bond acceptors (Lipinski definition) is 6. The van der Waals surface area contributed by atoms with Gasteiger partial charge in [0.25, 0.3) is 0 Å². The number of halogens is 2. The number of amides is 1. The fourth-order valence-electron chi connectivity index (χ4n) is 5.98. The highest BCUT2D eigenvalue weighted by Gasteiger charge is 2.42. The molecule has 2 aromatic rings. The Bertz CT molecular complexity index is 1120. The van der Waals surface area contributed by atoms with Gasteiger partial charge in [-0.25, -0.2) is 9.97 Å². The summed E-state index contributed by atoms with van der Waals surface area (Å²) in [6.45, 7) is 9.03. The number of hydrogen-bond donors (Lipinski definition) is 2. The van der Waals surface area contributed by atoms with Gasteiger partial charge in [-0.05, 0) is 56.7 Å². The number of fused-ring (bicyclic) bond motifs is 1. The number of carbonyl (C=O) groups excluding carboxylic acids is 1. The van der Waals surface area contributed by atoms with Crippen molar-refractivity contribution in [3.8, 4) is 0 Å². The van der Waals surface area contributed by atoms with Crippen molar-refractivity contribution in [1.82, 2.24) is 20.2 Å². The molecule has 7 nitrogen and oxygen atoms in total. The minimum Gasteiger partial charge on any atom is -0.387 e. The Morgan fingerprint density at radius 2 is 1.94 bits per heavy atom. The SMILES string of the molecule is C[C@@H]1C[C@@H](O)c2ncnc(N3CCN(C(=O)[C@@H](c4ccc(Cl)cc4Cl)[C@@H]4CCC(C)(C)N4)CC3)c21. The third-order valence-electron chi connectivity index (χ3n) is 7.79. The Hall–Kier alpha value is -1.93. The quantitative estimate of drug-likeness (QED) is 0.629. The van der Waals surface area contributed by atoms with Gasteiger partial charge in [0.2, 0.25) is 5.91 Å². The molecule has 2 aliphatic heterocycles. The second kappa shape index (κ2) is 9.51. The number of carbonyl (C=O) groups is 1. The van der Waals surface area contributed by atoms with E-state index in [1.54, 1.807) is 12.4 Å². The first kappa shape index (κ1) is 24.8. The molecule has 5 rings (SSSR count). The number of aromatic nitrogens is 2. The monoisotopic (exact) mass is 517 g/mol. The topological polar surface area (TPSA) is 81.6 Å². The molecule has 0 radical (unpaired) electrons. The Kier molecular flexibility index (Phi) is 6.72. The first-order chi connectivity index (χ1) is 16.6. The van der Waals surface area contributed by atoms with E-state index >= 15 is 0 Å². The fourth-order valence-corrected chi connectivity index (χ4v) is 6.50. The lowest BCUT2D eigenvalue weighted by atomic mass is 9.88. The van der Waals surface area contributed by atoms with Crippen LogP contribution in [0.4, 0.5) is 5.82 Å². The van der Waals surface area contributed by atoms with Gasteiger partial charge >= 0.3 is 0 Å². The van der Waals surface area contributed by atoms with E-state index in [4.69, 9.17) is 23.2 Å². The highest BCUT2D eigenvalue weighted by Crippen LogP contribution is 2.43. The number of benzene rings is 1. The number of anilines is 1. The number of nitrogens with zero attached hydrogens (tertiary/aromatic N) is 4. The second-order valence-corrected chi connectivity index (χ2v) is 11.6. The van der Waals surface area contributed by atoms with Gasteiger partial charge in [-0.1, -0.05) is 36.2 Å². The maximum atomic E-state index is 14.0. The first-order valence-electron chi connectivity index (χ1n) is 12.4. The van der Waals surface area contributed by atoms with Crippen LogP contribution in [0, 0.1) is 0 Å². The van der Waals surface area contributed by atoms with Gasteiger partial charge in [-0.3, -0.25) is 4.79 Å². The van der Waals surface area contributed by atoms with Crippen LogP contribution in [0.1, 0.15) is 74.8 Å². The summed E-state index contributed by atoms with van der Waals surface area (Å²) in [5.74, 6) is 0.832. The summed E-state index contributed by atoms with van der Waals surface area (Å²) in [6.07, 6.45) is 3.60. The molecule has 0 bridgehead atoms. The smallest absolute Gasteiger partial charge is 0.231 e. The zero-order chi connectivity index (χ0) is 24.9. The molecule has 4 atom stereocenters. The number of rotatable bonds is 4. The Labute approximate surface area is 216 Å². The van der Waals surface area contributed by atoms with E-state index in [1.807, 2.05) is 17.0 Å². The lowest BCUT2D eigenvalue weighted by Gasteiger charge is -2.39. The van der Waals surface area contributed by atoms with Gasteiger partial charge in [0.1, 0.15) is 12.1 Å². The largest absolute Gasteiger partial charge is 0.387 e. The van der Waals surface area contributed by atoms with Crippen LogP contribution in [0.25, 0.3) is 0 Å². The maximum absolute atomic E-state index is 14.0. The highest BCUT2D eigenvalue weighted by atomic mass is 35.5. The van der Waals surface area contributed by atoms with Gasteiger partial charge in [-0.2, -0.15) is 0 Å². The van der Waals surface area contributed by atoms with Gasteiger partial charge in [0.15, 0.2) is 0 Å². The van der Waals surface area contributed by atoms with Gasteiger partial charge in [-0.15, -0.1) is 0 Å². The van der Waals surface area contributed by atoms with E-state index in [0.29, 0.717) is 42.6 Å². The Balaban J connectivity index is 1.36. The van der Waals surface area contributed by atoms with Crippen molar-refractivity contribution in [2.24, 2.45) is 0 Å². The van der Waals surface area contributed by atoms with Crippen LogP contribution in [0.2, 0.25) is 10.0 Å². The summed E-state index contributed by atoms with van der Waals surface area (Å²) in [4.78, 5) is 27.1. The van der Waals surface area contributed by atoms with Crippen LogP contribution in [-0.2, 0) is 4.79 Å². The van der Waals surface area contributed by atoms with Gasteiger partial charge < -0.3 is 20.2 Å². The molecule has 1 aromatic heterocycles. The molecule has 0 saturated carbocycles. The van der Waals surface area contributed by atoms with Crippen molar-refractivity contribution in [2.75, 3.05) is 31.1 Å². The average Bonchev–Trinajstić information content (AvgIpc) is 3.33. The van der Waals surface area contributed by atoms with Crippen LogP contribution in [-0.4, -0.2) is 63.6 Å². The third-order valence-corrected chi connectivity index (χ3v) is 8.35. The summed E-state index contributed by atoms with van der Waals surface area (Å²) < 4.78 is 0. The Morgan fingerprint density at radius 1 is 1.20 bits per heavy atom. The van der Waals surface area contributed by atoms with Crippen LogP contribution in [0.3, 0.4) is 0 Å². The standard InChI is InChI=1S/C26H33Cl2N5O2/c1-15-12-20(34)23-21(15)24(30-14-29-23)32-8-10-33(11-9-32)25(35)22(19-6-7-26(2,3)31-19)17-5-4-16(27)13-18(17)28/h4-5,13-15,19-20,22,31,34H,6-12H2,1-3H3/t15-,19+,20-,22+/m1/s1. The van der Waals surface area contributed by atoms with E-state index < -0.39 is 6.10 Å². The summed E-state index contributed by atoms with van der Waals surface area (Å²) in [6, 6.07) is 5.45. The molecule has 2 N–H and O–H groups in total. The average molecular weight is 518 g/mol. The van der Waals surface area contributed by atoms with E-state index in [0.717, 1.165) is 35.5 Å². The molecule has 2 fully saturated rings. The first-order valence-corrected chi connectivity index (χ1v) is 13.2. The molecule has 3 aliphatic rings. The predicted octanol–water partition coefficient (Wildman–Crippen LogP) is 4.29. The van der Waals surface area contributed by atoms with E-state index in [-0.39, 0.29) is 29.3 Å². The Morgan fingerprint density at radius 3 is 2.60 bits per heavy atom. The molecule has 2 saturated heterocycles. The third kappa shape index (κ3) is 4.76. The summed E-state index contributed by atoms with van der Waals surface area (Å²) in [7, 11) is 0. The fraction of sp³-hybridized carbons (Fsp3) is 0.577. The van der Waals surface area contributed by atoms with Crippen molar-refractivity contribution in [3.05, 3.63) is 51.4 Å². The second-order valence-electron chi connectivity index (χ2n) is 10.8. The lowest BCUT2D eigenvalue weighted by Crippen LogP contribution is -2.53. The number of nitrogens with one attached hydrogen (secondary N) is 1. The van der Waals surface area contributed by atoms with E-state index in [9.17, 15) is 9.90 Å². The molecule has 0 unspecified atom stereocenters. The van der Waals surface area contributed by atoms with Crippen LogP contribution >= 0.6 is 23.2 Å². The zero-order valence-electron chi connectivity index (χ0n) is 20.5. The molecule has 9 heteroatoms. The van der Waals surface area contributed by atoms with Crippen molar-refractivity contribution in [3.63, 3.8) is 0 Å². The summed E-state index contributed by atoms with van der Waals surface area (Å²) in [5, 5.41) is 15.1. The summed E-state index contributed by atoms with van der Waals surface area (Å²) in [5.41, 5.74) is 2.60. The van der Waals surface area contributed by atoms with Gasteiger partial charge in [0.05, 0.1) is 17.7 Å². The van der Waals surface area contributed by atoms with Crippen LogP contribution < -0.4 is 10.2 Å². The summed E-state index contributed by atoms with van der Waals surface area (Å²) >= 11 is 12.8. The number of aliphatic hydroxyl groups is 1. The van der Waals surface area contributed by atoms with Crippen LogP contribution in [0.15, 0.2) is 24.5 Å². The normalized spacial score (nSPS) is 26.6. The molecule has 35 heavy (non-hydrogen) atoms. The lowest BCUT2D eigenvalue weighted by molar-refractivity contribution is -0.133. The number of piperazine rings is 1. The minimum atomic E-state index is -0.530. The van der Waals surface area contributed by atoms with Crippen molar-refractivity contribution >= 4 is 34.9 Å². The van der Waals surface area contributed by atoms with E-state index in [1.165, 1.54) is 0 Å². The zero-order valence-corrected chi connectivity index (χ0v) is 22.0. The minimum absolute atomic E-state index is 0.0154.